The average Bonchev–Trinajstić information content (AvgIpc) is 2.51. The van der Waals surface area contributed by atoms with Gasteiger partial charge in [0.05, 0.1) is 6.26 Å². The molecule has 0 saturated carbocycles. The van der Waals surface area contributed by atoms with Crippen molar-refractivity contribution in [2.75, 3.05) is 0 Å². The number of nitrogens with two attached hydrogens (primary N) is 1. The van der Waals surface area contributed by atoms with Crippen molar-refractivity contribution in [3.8, 4) is 5.75 Å². The van der Waals surface area contributed by atoms with Gasteiger partial charge in [-0.05, 0) is 31.0 Å². The number of fused-ring (bicyclic) bond motifs is 1. The molecule has 0 fully saturated rings. The summed E-state index contributed by atoms with van der Waals surface area (Å²) in [5, 5.41) is 10.7. The van der Waals surface area contributed by atoms with E-state index in [1.54, 1.807) is 12.3 Å². The van der Waals surface area contributed by atoms with Gasteiger partial charge in [-0.2, -0.15) is 0 Å². The maximum absolute atomic E-state index is 9.66. The molecule has 3 nitrogen and oxygen atoms in total. The van der Waals surface area contributed by atoms with E-state index in [0.29, 0.717) is 12.0 Å². The van der Waals surface area contributed by atoms with Crippen LogP contribution in [0, 0.1) is 0 Å². The Bertz CT molecular complexity index is 445. The van der Waals surface area contributed by atoms with E-state index in [2.05, 4.69) is 0 Å². The van der Waals surface area contributed by atoms with Crippen LogP contribution in [0.4, 0.5) is 0 Å². The fourth-order valence-electron chi connectivity index (χ4n) is 1.56. The normalized spacial score (nSPS) is 13.3. The number of phenolic OH excluding ortho intramolecular Hbond substituents is 1. The van der Waals surface area contributed by atoms with Gasteiger partial charge >= 0.3 is 0 Å². The number of hydrogen-bond donors (Lipinski definition) is 2. The molecule has 1 aromatic heterocycles. The summed E-state index contributed by atoms with van der Waals surface area (Å²) >= 11 is 0. The molecule has 0 radical (unpaired) electrons. The monoisotopic (exact) mass is 191 g/mol. The first-order valence-electron chi connectivity index (χ1n) is 4.61. The molecule has 1 unspecified atom stereocenters. The number of hydrogen-bond acceptors (Lipinski definition) is 3. The Morgan fingerprint density at radius 1 is 1.50 bits per heavy atom. The lowest BCUT2D eigenvalue weighted by Gasteiger charge is -2.07. The number of furan rings is 1. The van der Waals surface area contributed by atoms with Crippen LogP contribution in [0.1, 0.15) is 12.5 Å². The molecule has 74 valence electrons. The molecule has 0 amide bonds. The van der Waals surface area contributed by atoms with E-state index < -0.39 is 0 Å². The third-order valence-corrected chi connectivity index (χ3v) is 2.20. The van der Waals surface area contributed by atoms with Crippen LogP contribution in [-0.2, 0) is 6.42 Å². The zero-order chi connectivity index (χ0) is 10.1. The minimum atomic E-state index is 0.0465. The second-order valence-electron chi connectivity index (χ2n) is 3.62. The minimum Gasteiger partial charge on any atom is -0.508 e. The van der Waals surface area contributed by atoms with E-state index in [9.17, 15) is 5.11 Å². The molecule has 0 saturated heterocycles. The van der Waals surface area contributed by atoms with Crippen LogP contribution in [0.2, 0.25) is 0 Å². The summed E-state index contributed by atoms with van der Waals surface area (Å²) in [6.07, 6.45) is 2.28. The summed E-state index contributed by atoms with van der Waals surface area (Å²) in [6, 6.07) is 5.47. The Kier molecular flexibility index (Phi) is 2.17. The van der Waals surface area contributed by atoms with Crippen LogP contribution in [0.15, 0.2) is 28.9 Å². The number of rotatable bonds is 2. The molecule has 14 heavy (non-hydrogen) atoms. The first-order chi connectivity index (χ1) is 6.66. The third kappa shape index (κ3) is 1.59. The van der Waals surface area contributed by atoms with Gasteiger partial charge in [-0.3, -0.25) is 0 Å². The van der Waals surface area contributed by atoms with Crippen molar-refractivity contribution in [1.29, 1.82) is 0 Å². The Hall–Kier alpha value is -1.48. The molecule has 1 atom stereocenters. The number of phenols is 1. The first kappa shape index (κ1) is 9.09. The van der Waals surface area contributed by atoms with E-state index in [0.717, 1.165) is 10.9 Å². The van der Waals surface area contributed by atoms with Crippen molar-refractivity contribution in [3.05, 3.63) is 30.0 Å². The highest BCUT2D eigenvalue weighted by molar-refractivity contribution is 5.79. The van der Waals surface area contributed by atoms with Crippen LogP contribution in [0.25, 0.3) is 11.0 Å². The summed E-state index contributed by atoms with van der Waals surface area (Å²) < 4.78 is 5.17. The Morgan fingerprint density at radius 2 is 2.29 bits per heavy atom. The Morgan fingerprint density at radius 3 is 3.00 bits per heavy atom. The van der Waals surface area contributed by atoms with Crippen molar-refractivity contribution in [1.82, 2.24) is 0 Å². The molecular formula is C11H13NO2. The van der Waals surface area contributed by atoms with Crippen molar-refractivity contribution < 1.29 is 9.52 Å². The molecule has 0 bridgehead atoms. The van der Waals surface area contributed by atoms with E-state index >= 15 is 0 Å². The fraction of sp³-hybridized carbons (Fsp3) is 0.273. The second kappa shape index (κ2) is 3.35. The summed E-state index contributed by atoms with van der Waals surface area (Å²) in [5.41, 5.74) is 7.25. The van der Waals surface area contributed by atoms with Crippen LogP contribution in [0.5, 0.6) is 5.75 Å². The van der Waals surface area contributed by atoms with Gasteiger partial charge in [-0.15, -0.1) is 0 Å². The fourth-order valence-corrected chi connectivity index (χ4v) is 1.56. The second-order valence-corrected chi connectivity index (χ2v) is 3.62. The molecule has 0 aliphatic carbocycles. The lowest BCUT2D eigenvalue weighted by Crippen LogP contribution is -2.17. The molecule has 2 rings (SSSR count). The Labute approximate surface area is 82.1 Å². The number of benzene rings is 1. The molecule has 3 heteroatoms. The van der Waals surface area contributed by atoms with E-state index in [-0.39, 0.29) is 11.8 Å². The topological polar surface area (TPSA) is 59.4 Å². The van der Waals surface area contributed by atoms with Crippen LogP contribution < -0.4 is 5.73 Å². The number of aromatic hydroxyl groups is 1. The minimum absolute atomic E-state index is 0.0465. The van der Waals surface area contributed by atoms with Crippen molar-refractivity contribution in [3.63, 3.8) is 0 Å². The van der Waals surface area contributed by atoms with Gasteiger partial charge in [-0.1, -0.05) is 0 Å². The lowest BCUT2D eigenvalue weighted by molar-refractivity contribution is 0.465. The van der Waals surface area contributed by atoms with Gasteiger partial charge in [0.2, 0.25) is 0 Å². The van der Waals surface area contributed by atoms with Gasteiger partial charge in [0.15, 0.2) is 0 Å². The summed E-state index contributed by atoms with van der Waals surface area (Å²) in [4.78, 5) is 0. The SMILES string of the molecule is CC(N)Cc1cc2ccoc2cc1O. The zero-order valence-corrected chi connectivity index (χ0v) is 8.03. The van der Waals surface area contributed by atoms with Crippen LogP contribution in [0.3, 0.4) is 0 Å². The summed E-state index contributed by atoms with van der Waals surface area (Å²) in [5.74, 6) is 0.254. The summed E-state index contributed by atoms with van der Waals surface area (Å²) in [7, 11) is 0. The smallest absolute Gasteiger partial charge is 0.137 e. The first-order valence-corrected chi connectivity index (χ1v) is 4.61. The predicted octanol–water partition coefficient (Wildman–Crippen LogP) is 2.03. The summed E-state index contributed by atoms with van der Waals surface area (Å²) in [6.45, 7) is 1.92. The molecule has 1 aromatic carbocycles. The quantitative estimate of drug-likeness (QED) is 0.763. The van der Waals surface area contributed by atoms with Gasteiger partial charge in [0, 0.05) is 17.5 Å². The highest BCUT2D eigenvalue weighted by Crippen LogP contribution is 2.26. The van der Waals surface area contributed by atoms with E-state index in [4.69, 9.17) is 10.2 Å². The van der Waals surface area contributed by atoms with E-state index in [1.165, 1.54) is 0 Å². The van der Waals surface area contributed by atoms with E-state index in [1.807, 2.05) is 19.1 Å². The van der Waals surface area contributed by atoms with Crippen molar-refractivity contribution >= 4 is 11.0 Å². The highest BCUT2D eigenvalue weighted by atomic mass is 16.3. The van der Waals surface area contributed by atoms with Gasteiger partial charge < -0.3 is 15.3 Å². The molecule has 0 spiro atoms. The Balaban J connectivity index is 2.48. The maximum Gasteiger partial charge on any atom is 0.137 e. The third-order valence-electron chi connectivity index (χ3n) is 2.20. The molecule has 1 heterocycles. The predicted molar refractivity (Wildman–Crippen MR) is 55.2 cm³/mol. The van der Waals surface area contributed by atoms with Crippen molar-refractivity contribution in [2.45, 2.75) is 19.4 Å². The molecule has 0 aliphatic rings. The lowest BCUT2D eigenvalue weighted by atomic mass is 10.0. The molecule has 0 aliphatic heterocycles. The van der Waals surface area contributed by atoms with Gasteiger partial charge in [0.1, 0.15) is 11.3 Å². The van der Waals surface area contributed by atoms with Crippen molar-refractivity contribution in [2.24, 2.45) is 5.73 Å². The zero-order valence-electron chi connectivity index (χ0n) is 8.03. The molecule has 3 N–H and O–H groups in total. The highest BCUT2D eigenvalue weighted by Gasteiger charge is 2.07. The average molecular weight is 191 g/mol. The molecular weight excluding hydrogens is 178 g/mol. The van der Waals surface area contributed by atoms with Crippen LogP contribution >= 0.6 is 0 Å². The molecule has 2 aromatic rings. The standard InChI is InChI=1S/C11H13NO2/c1-7(12)4-9-5-8-2-3-14-11(8)6-10(9)13/h2-3,5-7,13H,4,12H2,1H3. The maximum atomic E-state index is 9.66. The van der Waals surface area contributed by atoms with Gasteiger partial charge in [0.25, 0.3) is 0 Å². The van der Waals surface area contributed by atoms with Crippen LogP contribution in [-0.4, -0.2) is 11.1 Å². The van der Waals surface area contributed by atoms with Gasteiger partial charge in [-0.25, -0.2) is 0 Å². The largest absolute Gasteiger partial charge is 0.508 e.